The predicted molar refractivity (Wildman–Crippen MR) is 120 cm³/mol. The van der Waals surface area contributed by atoms with Crippen LogP contribution >= 0.6 is 0 Å². The zero-order valence-electron chi connectivity index (χ0n) is 19.3. The normalized spacial score (nSPS) is 11.7. The lowest BCUT2D eigenvalue weighted by molar-refractivity contribution is -0.870. The van der Waals surface area contributed by atoms with Gasteiger partial charge in [0.15, 0.2) is 0 Å². The minimum atomic E-state index is 0.242. The number of carbonyl (C=O) groups excluding carboxylic acids is 1. The quantitative estimate of drug-likeness (QED) is 0.190. The van der Waals surface area contributed by atoms with E-state index in [4.69, 9.17) is 0 Å². The Morgan fingerprint density at radius 1 is 0.630 bits per heavy atom. The van der Waals surface area contributed by atoms with Crippen molar-refractivity contribution < 1.29 is 9.28 Å². The maximum absolute atomic E-state index is 11.8. The molecule has 1 amide bonds. The summed E-state index contributed by atoms with van der Waals surface area (Å²) >= 11 is 0. The molecule has 0 aromatic carbocycles. The highest BCUT2D eigenvalue weighted by Gasteiger charge is 2.06. The van der Waals surface area contributed by atoms with Gasteiger partial charge in [-0.15, -0.1) is 0 Å². The van der Waals surface area contributed by atoms with E-state index in [-0.39, 0.29) is 5.91 Å². The number of quaternary nitrogens is 1. The Morgan fingerprint density at radius 2 is 1.04 bits per heavy atom. The van der Waals surface area contributed by atoms with Crippen molar-refractivity contribution in [2.75, 3.05) is 34.2 Å². The maximum Gasteiger partial charge on any atom is 0.219 e. The molecule has 0 saturated carbocycles. The largest absolute Gasteiger partial charge is 0.356 e. The Kier molecular flexibility index (Phi) is 18.4. The van der Waals surface area contributed by atoms with Crippen molar-refractivity contribution in [3.63, 3.8) is 0 Å². The third-order valence-electron chi connectivity index (χ3n) is 5.34. The van der Waals surface area contributed by atoms with Gasteiger partial charge in [-0.05, 0) is 6.42 Å². The molecule has 0 fully saturated rings. The smallest absolute Gasteiger partial charge is 0.219 e. The molecule has 0 heterocycles. The van der Waals surface area contributed by atoms with Crippen LogP contribution < -0.4 is 5.32 Å². The zero-order chi connectivity index (χ0) is 20.2. The number of nitrogens with zero attached hydrogens (tertiary/aromatic N) is 1. The molecule has 0 aliphatic heterocycles. The first-order valence-corrected chi connectivity index (χ1v) is 12.0. The maximum atomic E-state index is 11.8. The summed E-state index contributed by atoms with van der Waals surface area (Å²) in [5.41, 5.74) is 0. The first-order chi connectivity index (χ1) is 13.0. The fourth-order valence-corrected chi connectivity index (χ4v) is 3.53. The number of nitrogens with one attached hydrogen (secondary N) is 1. The molecule has 1 N–H and O–H groups in total. The predicted octanol–water partition coefficient (Wildman–Crippen LogP) is 6.46. The Morgan fingerprint density at radius 3 is 1.44 bits per heavy atom. The minimum Gasteiger partial charge on any atom is -0.356 e. The van der Waals surface area contributed by atoms with Gasteiger partial charge in [0, 0.05) is 19.4 Å². The molecule has 0 rings (SSSR count). The van der Waals surface area contributed by atoms with Crippen molar-refractivity contribution in [3.8, 4) is 0 Å². The van der Waals surface area contributed by atoms with Crippen LogP contribution in [0.5, 0.6) is 0 Å². The Balaban J connectivity index is 3.17. The molecule has 0 bridgehead atoms. The van der Waals surface area contributed by atoms with E-state index in [2.05, 4.69) is 33.4 Å². The van der Waals surface area contributed by atoms with Crippen LogP contribution in [0.1, 0.15) is 116 Å². The summed E-state index contributed by atoms with van der Waals surface area (Å²) in [6.45, 7) is 4.22. The van der Waals surface area contributed by atoms with Crippen LogP contribution in [0.15, 0.2) is 0 Å². The molecule has 0 aromatic rings. The zero-order valence-corrected chi connectivity index (χ0v) is 19.3. The van der Waals surface area contributed by atoms with Gasteiger partial charge in [-0.3, -0.25) is 4.79 Å². The molecule has 3 nitrogen and oxygen atoms in total. The minimum absolute atomic E-state index is 0.242. The summed E-state index contributed by atoms with van der Waals surface area (Å²) in [6, 6.07) is 0. The molecule has 3 heteroatoms. The number of carbonyl (C=O) groups is 1. The highest BCUT2D eigenvalue weighted by Crippen LogP contribution is 2.13. The number of hydrogen-bond donors (Lipinski definition) is 1. The lowest BCUT2D eigenvalue weighted by atomic mass is 10.0. The Hall–Kier alpha value is -0.570. The van der Waals surface area contributed by atoms with E-state index >= 15 is 0 Å². The molecule has 0 aliphatic carbocycles. The average Bonchev–Trinajstić information content (AvgIpc) is 2.61. The SMILES string of the molecule is CCCCCCCCCCCCCCCCCC(=O)NCCC[N+](C)(C)C. The highest BCUT2D eigenvalue weighted by atomic mass is 16.1. The van der Waals surface area contributed by atoms with Crippen molar-refractivity contribution in [1.82, 2.24) is 5.32 Å². The second kappa shape index (κ2) is 18.8. The molecule has 0 unspecified atom stereocenters. The molecule has 27 heavy (non-hydrogen) atoms. The van der Waals surface area contributed by atoms with Gasteiger partial charge < -0.3 is 9.80 Å². The molecule has 0 saturated heterocycles. The summed E-state index contributed by atoms with van der Waals surface area (Å²) in [5.74, 6) is 0.242. The van der Waals surface area contributed by atoms with Crippen LogP contribution in [0.2, 0.25) is 0 Å². The summed E-state index contributed by atoms with van der Waals surface area (Å²) < 4.78 is 0.967. The number of unbranched alkanes of at least 4 members (excludes halogenated alkanes) is 14. The van der Waals surface area contributed by atoms with Gasteiger partial charge in [-0.25, -0.2) is 0 Å². The third kappa shape index (κ3) is 23.4. The number of hydrogen-bond acceptors (Lipinski definition) is 1. The van der Waals surface area contributed by atoms with Crippen molar-refractivity contribution in [3.05, 3.63) is 0 Å². The van der Waals surface area contributed by atoms with Crippen LogP contribution in [-0.2, 0) is 4.79 Å². The summed E-state index contributed by atoms with van der Waals surface area (Å²) in [7, 11) is 6.58. The van der Waals surface area contributed by atoms with E-state index in [1.54, 1.807) is 0 Å². The summed E-state index contributed by atoms with van der Waals surface area (Å²) in [5, 5.41) is 3.06. The second-order valence-corrected chi connectivity index (χ2v) is 9.42. The lowest BCUT2D eigenvalue weighted by Crippen LogP contribution is -2.37. The van der Waals surface area contributed by atoms with E-state index in [0.717, 1.165) is 30.4 Å². The van der Waals surface area contributed by atoms with Gasteiger partial charge in [0.2, 0.25) is 5.91 Å². The van der Waals surface area contributed by atoms with Crippen LogP contribution in [0, 0.1) is 0 Å². The first kappa shape index (κ1) is 26.4. The average molecular weight is 384 g/mol. The summed E-state index contributed by atoms with van der Waals surface area (Å²) in [6.07, 6.45) is 22.3. The van der Waals surface area contributed by atoms with E-state index in [1.165, 1.54) is 89.9 Å². The summed E-state index contributed by atoms with van der Waals surface area (Å²) in [4.78, 5) is 11.8. The van der Waals surface area contributed by atoms with Crippen LogP contribution in [0.3, 0.4) is 0 Å². The molecular weight excluding hydrogens is 332 g/mol. The van der Waals surface area contributed by atoms with Crippen molar-refractivity contribution in [2.45, 2.75) is 116 Å². The molecule has 0 spiro atoms. The van der Waals surface area contributed by atoms with Crippen LogP contribution in [0.4, 0.5) is 0 Å². The van der Waals surface area contributed by atoms with Crippen molar-refractivity contribution in [2.24, 2.45) is 0 Å². The van der Waals surface area contributed by atoms with Gasteiger partial charge in [0.05, 0.1) is 27.7 Å². The van der Waals surface area contributed by atoms with Crippen molar-refractivity contribution >= 4 is 5.91 Å². The van der Waals surface area contributed by atoms with Crippen LogP contribution in [0.25, 0.3) is 0 Å². The highest BCUT2D eigenvalue weighted by molar-refractivity contribution is 5.75. The lowest BCUT2D eigenvalue weighted by Gasteiger charge is -2.23. The monoisotopic (exact) mass is 383 g/mol. The van der Waals surface area contributed by atoms with E-state index < -0.39 is 0 Å². The van der Waals surface area contributed by atoms with Gasteiger partial charge in [-0.2, -0.15) is 0 Å². The third-order valence-corrected chi connectivity index (χ3v) is 5.34. The van der Waals surface area contributed by atoms with E-state index in [0.29, 0.717) is 6.42 Å². The van der Waals surface area contributed by atoms with Gasteiger partial charge in [0.1, 0.15) is 0 Å². The molecule has 0 atom stereocenters. The Labute approximate surface area is 171 Å². The van der Waals surface area contributed by atoms with Crippen molar-refractivity contribution in [1.29, 1.82) is 0 Å². The fourth-order valence-electron chi connectivity index (χ4n) is 3.53. The Bertz CT molecular complexity index is 323. The molecule has 0 aliphatic rings. The number of rotatable bonds is 20. The molecule has 0 aromatic heterocycles. The van der Waals surface area contributed by atoms with E-state index in [9.17, 15) is 4.79 Å². The molecule has 162 valence electrons. The standard InChI is InChI=1S/C24H50N2O/c1-5-6-7-8-9-10-11-12-13-14-15-16-17-18-19-21-24(27)25-22-20-23-26(2,3)4/h5-23H2,1-4H3/p+1. The first-order valence-electron chi connectivity index (χ1n) is 12.0. The van der Waals surface area contributed by atoms with Gasteiger partial charge in [-0.1, -0.05) is 96.8 Å². The topological polar surface area (TPSA) is 29.1 Å². The second-order valence-electron chi connectivity index (χ2n) is 9.42. The molecule has 0 radical (unpaired) electrons. The van der Waals surface area contributed by atoms with Gasteiger partial charge in [0.25, 0.3) is 0 Å². The fraction of sp³-hybridized carbons (Fsp3) is 0.958. The van der Waals surface area contributed by atoms with Crippen LogP contribution in [-0.4, -0.2) is 44.6 Å². The van der Waals surface area contributed by atoms with E-state index in [1.807, 2.05) is 0 Å². The number of amides is 1. The van der Waals surface area contributed by atoms with Gasteiger partial charge >= 0.3 is 0 Å². The molecular formula is C24H51N2O+.